The minimum Gasteiger partial charge on any atom is -0.464 e. The van der Waals surface area contributed by atoms with Gasteiger partial charge in [-0.25, -0.2) is 4.79 Å². The van der Waals surface area contributed by atoms with Crippen molar-refractivity contribution >= 4 is 5.97 Å². The zero-order valence-corrected chi connectivity index (χ0v) is 14.0. The minimum atomic E-state index is -0.391. The van der Waals surface area contributed by atoms with Crippen LogP contribution in [0.4, 0.5) is 0 Å². The molecule has 0 aromatic carbocycles. The monoisotopic (exact) mass is 286 g/mol. The van der Waals surface area contributed by atoms with Crippen LogP contribution in [0.2, 0.25) is 0 Å². The average Bonchev–Trinajstić information content (AvgIpc) is 2.44. The normalized spacial score (nSPS) is 14.0. The zero-order valence-electron chi connectivity index (χ0n) is 14.0. The molecule has 0 saturated heterocycles. The number of hydrogen-bond donors (Lipinski definition) is 0. The first-order chi connectivity index (χ1) is 9.65. The molecule has 2 unspecified atom stereocenters. The topological polar surface area (TPSA) is 35.5 Å². The van der Waals surface area contributed by atoms with Gasteiger partial charge in [-0.15, -0.1) is 0 Å². The van der Waals surface area contributed by atoms with Crippen LogP contribution in [0.25, 0.3) is 0 Å². The molecule has 0 radical (unpaired) electrons. The lowest BCUT2D eigenvalue weighted by atomic mass is 10.1. The maximum Gasteiger partial charge on any atom is 0.335 e. The van der Waals surface area contributed by atoms with Gasteiger partial charge in [0.25, 0.3) is 0 Å². The quantitative estimate of drug-likeness (QED) is 0.358. The van der Waals surface area contributed by atoms with Gasteiger partial charge in [-0.05, 0) is 26.2 Å². The van der Waals surface area contributed by atoms with Gasteiger partial charge in [-0.3, -0.25) is 0 Å². The van der Waals surface area contributed by atoms with E-state index in [0.717, 1.165) is 19.3 Å². The number of esters is 1. The Morgan fingerprint density at radius 2 is 1.60 bits per heavy atom. The molecule has 0 amide bonds. The maximum atomic E-state index is 11.9. The standard InChI is InChI=1S/C17H34O3/c1-5-8-10-11-12-13-15(4)20-16(7-3)17(18)19-14-9-6-2/h15-16H,5-14H2,1-4H3. The molecule has 3 heteroatoms. The second-order valence-corrected chi connectivity index (χ2v) is 5.57. The second-order valence-electron chi connectivity index (χ2n) is 5.57. The van der Waals surface area contributed by atoms with Gasteiger partial charge in [0, 0.05) is 0 Å². The smallest absolute Gasteiger partial charge is 0.335 e. The molecule has 0 aromatic heterocycles. The predicted octanol–water partition coefficient (Wildman–Crippen LogP) is 4.87. The van der Waals surface area contributed by atoms with Crippen molar-refractivity contribution in [2.24, 2.45) is 0 Å². The summed E-state index contributed by atoms with van der Waals surface area (Å²) in [7, 11) is 0. The van der Waals surface area contributed by atoms with E-state index in [0.29, 0.717) is 13.0 Å². The van der Waals surface area contributed by atoms with Crippen LogP contribution in [0.1, 0.15) is 85.5 Å². The Morgan fingerprint density at radius 1 is 0.950 bits per heavy atom. The molecule has 120 valence electrons. The SMILES string of the molecule is CCCCCCCC(C)OC(CC)C(=O)OCCCC. The van der Waals surface area contributed by atoms with Crippen LogP contribution in [-0.2, 0) is 14.3 Å². The first-order valence-electron chi connectivity index (χ1n) is 8.47. The summed E-state index contributed by atoms with van der Waals surface area (Å²) < 4.78 is 11.1. The molecule has 0 fully saturated rings. The van der Waals surface area contributed by atoms with E-state index in [4.69, 9.17) is 9.47 Å². The Balaban J connectivity index is 3.81. The summed E-state index contributed by atoms with van der Waals surface area (Å²) in [6, 6.07) is 0. The molecule has 3 nitrogen and oxygen atoms in total. The van der Waals surface area contributed by atoms with E-state index >= 15 is 0 Å². The number of hydrogen-bond acceptors (Lipinski definition) is 3. The van der Waals surface area contributed by atoms with Crippen molar-refractivity contribution in [1.29, 1.82) is 0 Å². The minimum absolute atomic E-state index is 0.139. The lowest BCUT2D eigenvalue weighted by molar-refractivity contribution is -0.161. The van der Waals surface area contributed by atoms with Crippen LogP contribution in [-0.4, -0.2) is 24.8 Å². The molecular weight excluding hydrogens is 252 g/mol. The van der Waals surface area contributed by atoms with Gasteiger partial charge in [-0.2, -0.15) is 0 Å². The fourth-order valence-corrected chi connectivity index (χ4v) is 2.11. The van der Waals surface area contributed by atoms with E-state index in [9.17, 15) is 4.79 Å². The van der Waals surface area contributed by atoms with Crippen molar-refractivity contribution in [3.8, 4) is 0 Å². The summed E-state index contributed by atoms with van der Waals surface area (Å²) in [4.78, 5) is 11.9. The summed E-state index contributed by atoms with van der Waals surface area (Å²) in [6.45, 7) is 8.85. The number of carbonyl (C=O) groups excluding carboxylic acids is 1. The number of ether oxygens (including phenoxy) is 2. The summed E-state index contributed by atoms with van der Waals surface area (Å²) >= 11 is 0. The first kappa shape index (κ1) is 19.4. The van der Waals surface area contributed by atoms with Gasteiger partial charge in [-0.1, -0.05) is 59.3 Å². The van der Waals surface area contributed by atoms with E-state index < -0.39 is 6.10 Å². The Morgan fingerprint density at radius 3 is 2.20 bits per heavy atom. The van der Waals surface area contributed by atoms with Gasteiger partial charge in [0.1, 0.15) is 0 Å². The van der Waals surface area contributed by atoms with Gasteiger partial charge in [0.2, 0.25) is 0 Å². The highest BCUT2D eigenvalue weighted by Crippen LogP contribution is 2.13. The Labute approximate surface area is 125 Å². The maximum absolute atomic E-state index is 11.9. The molecule has 2 atom stereocenters. The van der Waals surface area contributed by atoms with Crippen LogP contribution >= 0.6 is 0 Å². The lowest BCUT2D eigenvalue weighted by Gasteiger charge is -2.20. The van der Waals surface area contributed by atoms with E-state index in [-0.39, 0.29) is 12.1 Å². The second kappa shape index (κ2) is 13.4. The molecule has 0 aliphatic rings. The summed E-state index contributed by atoms with van der Waals surface area (Å²) in [5, 5.41) is 0. The van der Waals surface area contributed by atoms with E-state index in [1.165, 1.54) is 32.1 Å². The molecule has 0 rings (SSSR count). The molecule has 0 N–H and O–H groups in total. The Bertz CT molecular complexity index is 228. The fourth-order valence-electron chi connectivity index (χ4n) is 2.11. The van der Waals surface area contributed by atoms with Crippen molar-refractivity contribution in [2.45, 2.75) is 97.7 Å². The largest absolute Gasteiger partial charge is 0.464 e. The zero-order chi connectivity index (χ0) is 15.2. The van der Waals surface area contributed by atoms with Crippen LogP contribution in [0.15, 0.2) is 0 Å². The van der Waals surface area contributed by atoms with E-state index in [1.807, 2.05) is 6.92 Å². The van der Waals surface area contributed by atoms with Gasteiger partial charge in [0.15, 0.2) is 6.10 Å². The Kier molecular flexibility index (Phi) is 13.0. The van der Waals surface area contributed by atoms with Crippen molar-refractivity contribution in [2.75, 3.05) is 6.61 Å². The third-order valence-corrected chi connectivity index (χ3v) is 3.49. The van der Waals surface area contributed by atoms with E-state index in [2.05, 4.69) is 20.8 Å². The predicted molar refractivity (Wildman–Crippen MR) is 83.9 cm³/mol. The molecular formula is C17H34O3. The van der Waals surface area contributed by atoms with Gasteiger partial charge >= 0.3 is 5.97 Å². The summed E-state index contributed by atoms with van der Waals surface area (Å²) in [5.41, 5.74) is 0. The number of unbranched alkanes of at least 4 members (excludes halogenated alkanes) is 5. The molecule has 0 spiro atoms. The number of carbonyl (C=O) groups is 1. The first-order valence-corrected chi connectivity index (χ1v) is 8.47. The van der Waals surface area contributed by atoms with Crippen LogP contribution in [0, 0.1) is 0 Å². The van der Waals surface area contributed by atoms with Gasteiger partial charge < -0.3 is 9.47 Å². The van der Waals surface area contributed by atoms with Gasteiger partial charge in [0.05, 0.1) is 12.7 Å². The van der Waals surface area contributed by atoms with Crippen LogP contribution in [0.3, 0.4) is 0 Å². The molecule has 0 heterocycles. The average molecular weight is 286 g/mol. The molecule has 0 aliphatic carbocycles. The molecule has 0 aliphatic heterocycles. The Hall–Kier alpha value is -0.570. The molecule has 20 heavy (non-hydrogen) atoms. The van der Waals surface area contributed by atoms with Crippen molar-refractivity contribution in [3.05, 3.63) is 0 Å². The highest BCUT2D eigenvalue weighted by molar-refractivity contribution is 5.74. The van der Waals surface area contributed by atoms with Crippen LogP contribution in [0.5, 0.6) is 0 Å². The van der Waals surface area contributed by atoms with Crippen molar-refractivity contribution in [1.82, 2.24) is 0 Å². The van der Waals surface area contributed by atoms with Crippen LogP contribution < -0.4 is 0 Å². The highest BCUT2D eigenvalue weighted by Gasteiger charge is 2.21. The summed E-state index contributed by atoms with van der Waals surface area (Å²) in [5.74, 6) is -0.196. The highest BCUT2D eigenvalue weighted by atomic mass is 16.6. The molecule has 0 bridgehead atoms. The molecule has 0 aromatic rings. The fraction of sp³-hybridized carbons (Fsp3) is 0.941. The third kappa shape index (κ3) is 10.2. The lowest BCUT2D eigenvalue weighted by Crippen LogP contribution is -2.29. The number of rotatable bonds is 13. The third-order valence-electron chi connectivity index (χ3n) is 3.49. The molecule has 0 saturated carbocycles. The van der Waals surface area contributed by atoms with Crippen molar-refractivity contribution in [3.63, 3.8) is 0 Å². The van der Waals surface area contributed by atoms with Crippen molar-refractivity contribution < 1.29 is 14.3 Å². The summed E-state index contributed by atoms with van der Waals surface area (Å²) in [6.07, 6.45) is 9.77. The van der Waals surface area contributed by atoms with E-state index in [1.54, 1.807) is 0 Å².